The third-order valence-corrected chi connectivity index (χ3v) is 2.25. The minimum atomic E-state index is -0.109. The molecule has 2 aromatic rings. The molecule has 0 bridgehead atoms. The normalized spacial score (nSPS) is 10.1. The highest BCUT2D eigenvalue weighted by atomic mass is 32.1. The van der Waals surface area contributed by atoms with Crippen LogP contribution < -0.4 is 5.32 Å². The summed E-state index contributed by atoms with van der Waals surface area (Å²) in [5.74, 6) is -0.109. The highest BCUT2D eigenvalue weighted by molar-refractivity contribution is 7.13. The van der Waals surface area contributed by atoms with Crippen molar-refractivity contribution in [2.45, 2.75) is 13.0 Å². The molecule has 0 saturated carbocycles. The third kappa shape index (κ3) is 2.81. The van der Waals surface area contributed by atoms with Gasteiger partial charge in [0.2, 0.25) is 11.0 Å². The second kappa shape index (κ2) is 4.60. The Morgan fingerprint density at radius 2 is 2.53 bits per heavy atom. The van der Waals surface area contributed by atoms with Gasteiger partial charge in [0, 0.05) is 6.42 Å². The van der Waals surface area contributed by atoms with Crippen molar-refractivity contribution in [2.24, 2.45) is 0 Å². The second-order valence-electron chi connectivity index (χ2n) is 2.70. The molecule has 0 aliphatic carbocycles. The van der Waals surface area contributed by atoms with Crippen LogP contribution in [0.4, 0.5) is 5.13 Å². The molecule has 0 fully saturated rings. The number of nitrogens with one attached hydrogen (secondary N) is 1. The van der Waals surface area contributed by atoms with Crippen LogP contribution in [0, 0.1) is 0 Å². The molecule has 0 unspecified atom stereocenters. The van der Waals surface area contributed by atoms with E-state index < -0.39 is 0 Å². The molecule has 0 aliphatic heterocycles. The fourth-order valence-electron chi connectivity index (χ4n) is 0.974. The minimum Gasteiger partial charge on any atom is -0.300 e. The molecule has 0 aliphatic rings. The van der Waals surface area contributed by atoms with Crippen molar-refractivity contribution >= 4 is 22.4 Å². The molecule has 0 spiro atoms. The first kappa shape index (κ1) is 9.71. The zero-order valence-corrected chi connectivity index (χ0v) is 8.52. The van der Waals surface area contributed by atoms with Crippen LogP contribution in [-0.2, 0) is 11.3 Å². The number of aromatic nitrogens is 5. The highest BCUT2D eigenvalue weighted by Crippen LogP contribution is 2.08. The molecule has 0 radical (unpaired) electrons. The van der Waals surface area contributed by atoms with E-state index >= 15 is 0 Å². The molecule has 78 valence electrons. The third-order valence-electron chi connectivity index (χ3n) is 1.64. The Morgan fingerprint density at radius 1 is 1.60 bits per heavy atom. The maximum atomic E-state index is 11.4. The zero-order valence-electron chi connectivity index (χ0n) is 7.70. The van der Waals surface area contributed by atoms with E-state index in [1.807, 2.05) is 0 Å². The van der Waals surface area contributed by atoms with Crippen LogP contribution in [0.1, 0.15) is 6.42 Å². The predicted molar refractivity (Wildman–Crippen MR) is 53.2 cm³/mol. The zero-order chi connectivity index (χ0) is 10.5. The lowest BCUT2D eigenvalue weighted by Crippen LogP contribution is -2.14. The van der Waals surface area contributed by atoms with Gasteiger partial charge in [0.25, 0.3) is 0 Å². The summed E-state index contributed by atoms with van der Waals surface area (Å²) >= 11 is 1.29. The minimum absolute atomic E-state index is 0.109. The van der Waals surface area contributed by atoms with E-state index in [4.69, 9.17) is 0 Å². The number of rotatable bonds is 4. The van der Waals surface area contributed by atoms with Crippen LogP contribution in [0.2, 0.25) is 0 Å². The van der Waals surface area contributed by atoms with Crippen molar-refractivity contribution in [1.82, 2.24) is 25.0 Å². The summed E-state index contributed by atoms with van der Waals surface area (Å²) in [6, 6.07) is 0. The lowest BCUT2D eigenvalue weighted by molar-refractivity contribution is -0.116. The Kier molecular flexibility index (Phi) is 2.98. The topological polar surface area (TPSA) is 85.6 Å². The summed E-state index contributed by atoms with van der Waals surface area (Å²) in [5, 5.41) is 14.3. The van der Waals surface area contributed by atoms with Crippen LogP contribution in [0.25, 0.3) is 0 Å². The lowest BCUT2D eigenvalue weighted by atomic mass is 10.4. The van der Waals surface area contributed by atoms with Gasteiger partial charge in [-0.05, 0) is 0 Å². The molecule has 1 amide bonds. The molecule has 8 heteroatoms. The summed E-state index contributed by atoms with van der Waals surface area (Å²) in [7, 11) is 0. The Labute approximate surface area is 89.2 Å². The number of hydrogen-bond acceptors (Lipinski definition) is 6. The van der Waals surface area contributed by atoms with Crippen LogP contribution in [-0.4, -0.2) is 30.9 Å². The van der Waals surface area contributed by atoms with E-state index in [0.29, 0.717) is 18.1 Å². The Balaban J connectivity index is 1.78. The summed E-state index contributed by atoms with van der Waals surface area (Å²) in [5.41, 5.74) is 1.56. The van der Waals surface area contributed by atoms with Crippen molar-refractivity contribution in [3.05, 3.63) is 18.2 Å². The number of hydrogen-bond donors (Lipinski definition) is 1. The molecule has 7 nitrogen and oxygen atoms in total. The van der Waals surface area contributed by atoms with Crippen LogP contribution in [0.5, 0.6) is 0 Å². The summed E-state index contributed by atoms with van der Waals surface area (Å²) < 4.78 is 1.60. The summed E-state index contributed by atoms with van der Waals surface area (Å²) in [6.45, 7) is 0.505. The number of carbonyl (C=O) groups is 1. The Morgan fingerprint density at radius 3 is 3.20 bits per heavy atom. The number of anilines is 1. The van der Waals surface area contributed by atoms with E-state index in [1.165, 1.54) is 17.7 Å². The van der Waals surface area contributed by atoms with E-state index in [9.17, 15) is 4.79 Å². The average Bonchev–Trinajstić information content (AvgIpc) is 2.86. The molecule has 1 N–H and O–H groups in total. The van der Waals surface area contributed by atoms with Gasteiger partial charge < -0.3 is 5.32 Å². The van der Waals surface area contributed by atoms with E-state index in [2.05, 4.69) is 25.6 Å². The van der Waals surface area contributed by atoms with Gasteiger partial charge in [0.15, 0.2) is 0 Å². The monoisotopic (exact) mass is 224 g/mol. The predicted octanol–water partition coefficient (Wildman–Crippen LogP) is 0.158. The van der Waals surface area contributed by atoms with Crippen molar-refractivity contribution in [2.75, 3.05) is 5.32 Å². The van der Waals surface area contributed by atoms with Crippen LogP contribution in [0.3, 0.4) is 0 Å². The van der Waals surface area contributed by atoms with Crippen molar-refractivity contribution in [1.29, 1.82) is 0 Å². The molecule has 2 rings (SSSR count). The van der Waals surface area contributed by atoms with Gasteiger partial charge in [-0.2, -0.15) is 5.10 Å². The van der Waals surface area contributed by atoms with Gasteiger partial charge >= 0.3 is 0 Å². The molecule has 0 saturated heterocycles. The second-order valence-corrected chi connectivity index (χ2v) is 3.53. The number of aryl methyl sites for hydroxylation is 1. The summed E-state index contributed by atoms with van der Waals surface area (Å²) in [4.78, 5) is 15.1. The van der Waals surface area contributed by atoms with Gasteiger partial charge in [-0.25, -0.2) is 4.98 Å². The molecule has 15 heavy (non-hydrogen) atoms. The molecular weight excluding hydrogens is 216 g/mol. The van der Waals surface area contributed by atoms with E-state index in [1.54, 1.807) is 16.5 Å². The molecule has 2 heterocycles. The smallest absolute Gasteiger partial charge is 0.228 e. The first-order chi connectivity index (χ1) is 7.34. The average molecular weight is 224 g/mol. The molecular formula is C7H8N6OS. The van der Waals surface area contributed by atoms with Gasteiger partial charge in [-0.15, -0.1) is 10.2 Å². The van der Waals surface area contributed by atoms with Crippen molar-refractivity contribution in [3.8, 4) is 0 Å². The fraction of sp³-hybridized carbons (Fsp3) is 0.286. The standard InChI is InChI=1S/C7H8N6OS/c14-6(11-7-12-9-5-15-7)1-2-13-4-8-3-10-13/h3-5H,1-2H2,(H,11,12,14). The molecule has 2 aromatic heterocycles. The number of carbonyl (C=O) groups excluding carboxylic acids is 1. The first-order valence-electron chi connectivity index (χ1n) is 4.23. The largest absolute Gasteiger partial charge is 0.300 e. The van der Waals surface area contributed by atoms with Gasteiger partial charge in [0.05, 0.1) is 6.54 Å². The van der Waals surface area contributed by atoms with Gasteiger partial charge in [0.1, 0.15) is 18.2 Å². The van der Waals surface area contributed by atoms with Gasteiger partial charge in [-0.3, -0.25) is 9.48 Å². The fourth-order valence-corrected chi connectivity index (χ4v) is 1.43. The van der Waals surface area contributed by atoms with Crippen LogP contribution in [0.15, 0.2) is 18.2 Å². The maximum Gasteiger partial charge on any atom is 0.228 e. The van der Waals surface area contributed by atoms with Gasteiger partial charge in [-0.1, -0.05) is 11.3 Å². The van der Waals surface area contributed by atoms with Crippen molar-refractivity contribution in [3.63, 3.8) is 0 Å². The molecule has 0 atom stereocenters. The SMILES string of the molecule is O=C(CCn1cncn1)Nc1nncs1. The summed E-state index contributed by atoms with van der Waals surface area (Å²) in [6.07, 6.45) is 3.34. The molecule has 0 aromatic carbocycles. The Bertz CT molecular complexity index is 411. The van der Waals surface area contributed by atoms with E-state index in [-0.39, 0.29) is 5.91 Å². The number of amides is 1. The van der Waals surface area contributed by atoms with Crippen molar-refractivity contribution < 1.29 is 4.79 Å². The Hall–Kier alpha value is -1.83. The first-order valence-corrected chi connectivity index (χ1v) is 5.11. The number of nitrogens with zero attached hydrogens (tertiary/aromatic N) is 5. The lowest BCUT2D eigenvalue weighted by Gasteiger charge is -2.00. The quantitative estimate of drug-likeness (QED) is 0.799. The highest BCUT2D eigenvalue weighted by Gasteiger charge is 2.04. The maximum absolute atomic E-state index is 11.4. The van der Waals surface area contributed by atoms with Crippen LogP contribution >= 0.6 is 11.3 Å². The van der Waals surface area contributed by atoms with E-state index in [0.717, 1.165) is 0 Å².